The van der Waals surface area contributed by atoms with Crippen molar-refractivity contribution in [3.63, 3.8) is 0 Å². The molecule has 32 heavy (non-hydrogen) atoms. The van der Waals surface area contributed by atoms with Crippen molar-refractivity contribution in [1.29, 1.82) is 0 Å². The zero-order valence-corrected chi connectivity index (χ0v) is 18.4. The van der Waals surface area contributed by atoms with E-state index in [2.05, 4.69) is 15.5 Å². The SMILES string of the molecule is COc1ccc(C2NC(=O)N(CC(C)C)C(C)=C2c2nc(-c3cccc(F)c3)no2)cc1. The first-order valence-electron chi connectivity index (χ1n) is 10.4. The Kier molecular flexibility index (Phi) is 5.94. The van der Waals surface area contributed by atoms with Crippen LogP contribution in [0.2, 0.25) is 0 Å². The summed E-state index contributed by atoms with van der Waals surface area (Å²) in [5.74, 6) is 1.15. The average molecular weight is 436 g/mol. The van der Waals surface area contributed by atoms with Crippen molar-refractivity contribution in [2.24, 2.45) is 5.92 Å². The number of carbonyl (C=O) groups is 1. The first-order chi connectivity index (χ1) is 15.4. The Bertz CT molecular complexity index is 1150. The Hall–Kier alpha value is -3.68. The summed E-state index contributed by atoms with van der Waals surface area (Å²) in [6.07, 6.45) is 0. The van der Waals surface area contributed by atoms with Gasteiger partial charge in [0, 0.05) is 17.8 Å². The number of halogens is 1. The maximum atomic E-state index is 13.7. The molecular formula is C24H25FN4O3. The minimum Gasteiger partial charge on any atom is -0.497 e. The number of benzene rings is 2. The molecule has 3 aromatic rings. The van der Waals surface area contributed by atoms with E-state index in [-0.39, 0.29) is 29.5 Å². The van der Waals surface area contributed by atoms with Crippen molar-refractivity contribution in [2.45, 2.75) is 26.8 Å². The van der Waals surface area contributed by atoms with Gasteiger partial charge in [0.1, 0.15) is 11.6 Å². The summed E-state index contributed by atoms with van der Waals surface area (Å²) >= 11 is 0. The van der Waals surface area contributed by atoms with Crippen LogP contribution in [0.25, 0.3) is 17.0 Å². The first-order valence-corrected chi connectivity index (χ1v) is 10.4. The highest BCUT2D eigenvalue weighted by Gasteiger charge is 2.36. The van der Waals surface area contributed by atoms with Gasteiger partial charge in [-0.2, -0.15) is 4.98 Å². The molecule has 1 unspecified atom stereocenters. The molecular weight excluding hydrogens is 411 g/mol. The number of urea groups is 1. The van der Waals surface area contributed by atoms with Gasteiger partial charge in [0.05, 0.1) is 18.7 Å². The van der Waals surface area contributed by atoms with Gasteiger partial charge in [0.2, 0.25) is 5.82 Å². The molecule has 7 nitrogen and oxygen atoms in total. The minimum atomic E-state index is -0.488. The molecule has 2 aromatic carbocycles. The molecule has 2 amide bonds. The van der Waals surface area contributed by atoms with Crippen molar-refractivity contribution in [1.82, 2.24) is 20.4 Å². The van der Waals surface area contributed by atoms with E-state index in [9.17, 15) is 9.18 Å². The van der Waals surface area contributed by atoms with E-state index < -0.39 is 6.04 Å². The number of carbonyl (C=O) groups excluding carboxylic acids is 1. The highest BCUT2D eigenvalue weighted by molar-refractivity contribution is 5.86. The number of ether oxygens (including phenoxy) is 1. The lowest BCUT2D eigenvalue weighted by Gasteiger charge is -2.36. The fourth-order valence-electron chi connectivity index (χ4n) is 3.77. The van der Waals surface area contributed by atoms with Crippen LogP contribution in [-0.2, 0) is 0 Å². The number of nitrogens with zero attached hydrogens (tertiary/aromatic N) is 3. The molecule has 0 radical (unpaired) electrons. The van der Waals surface area contributed by atoms with E-state index in [1.807, 2.05) is 45.0 Å². The zero-order chi connectivity index (χ0) is 22.8. The number of nitrogens with one attached hydrogen (secondary N) is 1. The summed E-state index contributed by atoms with van der Waals surface area (Å²) in [5.41, 5.74) is 2.80. The maximum Gasteiger partial charge on any atom is 0.322 e. The molecule has 8 heteroatoms. The van der Waals surface area contributed by atoms with Crippen LogP contribution < -0.4 is 10.1 Å². The minimum absolute atomic E-state index is 0.189. The van der Waals surface area contributed by atoms with Gasteiger partial charge in [-0.3, -0.25) is 4.90 Å². The molecule has 1 aliphatic heterocycles. The Morgan fingerprint density at radius 2 is 1.97 bits per heavy atom. The third kappa shape index (κ3) is 4.21. The van der Waals surface area contributed by atoms with Crippen LogP contribution in [0.3, 0.4) is 0 Å². The highest BCUT2D eigenvalue weighted by atomic mass is 19.1. The van der Waals surface area contributed by atoms with Gasteiger partial charge >= 0.3 is 6.03 Å². The van der Waals surface area contributed by atoms with Crippen LogP contribution in [0.4, 0.5) is 9.18 Å². The second-order valence-electron chi connectivity index (χ2n) is 8.09. The van der Waals surface area contributed by atoms with Crippen LogP contribution >= 0.6 is 0 Å². The molecule has 0 spiro atoms. The second kappa shape index (κ2) is 8.82. The Morgan fingerprint density at radius 1 is 1.22 bits per heavy atom. The lowest BCUT2D eigenvalue weighted by Crippen LogP contribution is -2.47. The molecule has 1 atom stereocenters. The summed E-state index contributed by atoms with van der Waals surface area (Å²) in [4.78, 5) is 19.2. The fourth-order valence-corrected chi connectivity index (χ4v) is 3.77. The van der Waals surface area contributed by atoms with Gasteiger partial charge < -0.3 is 14.6 Å². The molecule has 0 aliphatic carbocycles. The van der Waals surface area contributed by atoms with Gasteiger partial charge in [0.15, 0.2) is 0 Å². The summed E-state index contributed by atoms with van der Waals surface area (Å²) in [7, 11) is 1.60. The zero-order valence-electron chi connectivity index (χ0n) is 18.4. The summed E-state index contributed by atoms with van der Waals surface area (Å²) in [5, 5.41) is 7.12. The van der Waals surface area contributed by atoms with Crippen molar-refractivity contribution in [3.8, 4) is 17.1 Å². The molecule has 2 heterocycles. The van der Waals surface area contributed by atoms with E-state index in [4.69, 9.17) is 9.26 Å². The first kappa shape index (κ1) is 21.5. The van der Waals surface area contributed by atoms with Crippen molar-refractivity contribution in [2.75, 3.05) is 13.7 Å². The van der Waals surface area contributed by atoms with Crippen LogP contribution in [0.15, 0.2) is 58.8 Å². The average Bonchev–Trinajstić information content (AvgIpc) is 3.26. The van der Waals surface area contributed by atoms with Crippen LogP contribution in [0, 0.1) is 11.7 Å². The van der Waals surface area contributed by atoms with Crippen LogP contribution in [-0.4, -0.2) is 34.7 Å². The third-order valence-electron chi connectivity index (χ3n) is 5.33. The molecule has 0 fully saturated rings. The number of hydrogen-bond acceptors (Lipinski definition) is 5. The highest BCUT2D eigenvalue weighted by Crippen LogP contribution is 2.38. The monoisotopic (exact) mass is 436 g/mol. The van der Waals surface area contributed by atoms with Gasteiger partial charge in [0.25, 0.3) is 5.89 Å². The van der Waals surface area contributed by atoms with E-state index >= 15 is 0 Å². The quantitative estimate of drug-likeness (QED) is 0.586. The largest absolute Gasteiger partial charge is 0.497 e. The predicted octanol–water partition coefficient (Wildman–Crippen LogP) is 5.04. The van der Waals surface area contributed by atoms with Crippen molar-refractivity contribution >= 4 is 11.6 Å². The summed E-state index contributed by atoms with van der Waals surface area (Å²) in [6, 6.07) is 12.8. The van der Waals surface area contributed by atoms with Gasteiger partial charge in [-0.05, 0) is 42.7 Å². The van der Waals surface area contributed by atoms with Crippen LogP contribution in [0.5, 0.6) is 5.75 Å². The standard InChI is InChI=1S/C24H25FN4O3/c1-14(2)13-29-15(3)20(21(26-24(29)30)16-8-10-19(31-4)11-9-16)23-27-22(28-32-23)17-6-5-7-18(25)12-17/h5-12,14,21H,13H2,1-4H3,(H,26,30). The van der Waals surface area contributed by atoms with Crippen molar-refractivity contribution in [3.05, 3.63) is 71.5 Å². The molecule has 0 saturated heterocycles. The Morgan fingerprint density at radius 3 is 2.62 bits per heavy atom. The predicted molar refractivity (Wildman–Crippen MR) is 118 cm³/mol. The van der Waals surface area contributed by atoms with Crippen LogP contribution in [0.1, 0.15) is 38.3 Å². The van der Waals surface area contributed by atoms with E-state index in [0.717, 1.165) is 11.3 Å². The van der Waals surface area contributed by atoms with Gasteiger partial charge in [-0.25, -0.2) is 9.18 Å². The number of allylic oxidation sites excluding steroid dienone is 1. The maximum absolute atomic E-state index is 13.7. The lowest BCUT2D eigenvalue weighted by molar-refractivity contribution is 0.199. The van der Waals surface area contributed by atoms with Crippen molar-refractivity contribution < 1.29 is 18.4 Å². The van der Waals surface area contributed by atoms with Gasteiger partial charge in [-0.15, -0.1) is 0 Å². The van der Waals surface area contributed by atoms with E-state index in [1.165, 1.54) is 12.1 Å². The van der Waals surface area contributed by atoms with Gasteiger partial charge in [-0.1, -0.05) is 43.3 Å². The molecule has 0 saturated carbocycles. The fraction of sp³-hybridized carbons (Fsp3) is 0.292. The molecule has 4 rings (SSSR count). The smallest absolute Gasteiger partial charge is 0.322 e. The lowest BCUT2D eigenvalue weighted by atomic mass is 9.94. The number of methoxy groups -OCH3 is 1. The number of aromatic nitrogens is 2. The van der Waals surface area contributed by atoms with E-state index in [1.54, 1.807) is 24.1 Å². The van der Waals surface area contributed by atoms with E-state index in [0.29, 0.717) is 23.4 Å². The molecule has 1 aliphatic rings. The number of amides is 2. The normalized spacial score (nSPS) is 16.5. The molecule has 0 bridgehead atoms. The third-order valence-corrected chi connectivity index (χ3v) is 5.33. The molecule has 1 N–H and O–H groups in total. The summed E-state index contributed by atoms with van der Waals surface area (Å²) in [6.45, 7) is 6.51. The molecule has 166 valence electrons. The number of hydrogen-bond donors (Lipinski definition) is 1. The Balaban J connectivity index is 1.80. The molecule has 1 aromatic heterocycles. The summed E-state index contributed by atoms with van der Waals surface area (Å²) < 4.78 is 24.5. The Labute approximate surface area is 185 Å². The topological polar surface area (TPSA) is 80.5 Å². The number of rotatable bonds is 6. The second-order valence-corrected chi connectivity index (χ2v) is 8.09.